The molecule has 5 nitrogen and oxygen atoms in total. The van der Waals surface area contributed by atoms with E-state index in [2.05, 4.69) is 32.7 Å². The van der Waals surface area contributed by atoms with Gasteiger partial charge in [0.05, 0.1) is 18.4 Å². The van der Waals surface area contributed by atoms with Crippen LogP contribution in [0.4, 0.5) is 5.82 Å². The van der Waals surface area contributed by atoms with Crippen molar-refractivity contribution in [3.8, 4) is 0 Å². The van der Waals surface area contributed by atoms with Gasteiger partial charge < -0.3 is 10.6 Å². The molecule has 2 N–H and O–H groups in total. The zero-order valence-electron chi connectivity index (χ0n) is 12.0. The number of aromatic nitrogens is 2. The number of amides is 1. The van der Waals surface area contributed by atoms with Crippen LogP contribution in [0.2, 0.25) is 0 Å². The lowest BCUT2D eigenvalue weighted by atomic mass is 9.88. The molecule has 1 aliphatic carbocycles. The van der Waals surface area contributed by atoms with Crippen molar-refractivity contribution < 1.29 is 4.79 Å². The summed E-state index contributed by atoms with van der Waals surface area (Å²) in [5.74, 6) is 0.474. The Balaban J connectivity index is 1.76. The summed E-state index contributed by atoms with van der Waals surface area (Å²) in [7, 11) is 1.77. The second-order valence-corrected chi connectivity index (χ2v) is 5.15. The lowest BCUT2D eigenvalue weighted by Gasteiger charge is -2.26. The van der Waals surface area contributed by atoms with Crippen LogP contribution in [0.3, 0.4) is 0 Å². The molecule has 108 valence electrons. The molecule has 0 aliphatic heterocycles. The molecule has 0 saturated heterocycles. The lowest BCUT2D eigenvalue weighted by molar-refractivity contribution is 0.0927. The van der Waals surface area contributed by atoms with Gasteiger partial charge in [-0.25, -0.2) is 9.97 Å². The van der Waals surface area contributed by atoms with Crippen molar-refractivity contribution in [1.29, 1.82) is 0 Å². The van der Waals surface area contributed by atoms with Crippen molar-refractivity contribution in [3.05, 3.63) is 53.5 Å². The molecule has 5 heteroatoms. The first kappa shape index (κ1) is 13.5. The molecular weight excluding hydrogens is 264 g/mol. The van der Waals surface area contributed by atoms with Gasteiger partial charge in [-0.1, -0.05) is 24.3 Å². The zero-order chi connectivity index (χ0) is 14.7. The van der Waals surface area contributed by atoms with Crippen molar-refractivity contribution in [3.63, 3.8) is 0 Å². The molecule has 1 heterocycles. The molecule has 21 heavy (non-hydrogen) atoms. The molecule has 0 bridgehead atoms. The van der Waals surface area contributed by atoms with Crippen molar-refractivity contribution >= 4 is 11.7 Å². The predicted octanol–water partition coefficient (Wildman–Crippen LogP) is 2.33. The molecular formula is C16H18N4O. The van der Waals surface area contributed by atoms with E-state index in [1.807, 2.05) is 12.1 Å². The number of anilines is 1. The molecule has 1 aromatic heterocycles. The molecule has 0 saturated carbocycles. The van der Waals surface area contributed by atoms with E-state index in [-0.39, 0.29) is 11.9 Å². The Hall–Kier alpha value is -2.43. The van der Waals surface area contributed by atoms with E-state index in [1.165, 1.54) is 17.3 Å². The van der Waals surface area contributed by atoms with Crippen molar-refractivity contribution in [2.75, 3.05) is 12.4 Å². The van der Waals surface area contributed by atoms with Gasteiger partial charge in [-0.15, -0.1) is 0 Å². The molecule has 1 aromatic carbocycles. The van der Waals surface area contributed by atoms with E-state index in [9.17, 15) is 4.79 Å². The highest BCUT2D eigenvalue weighted by Crippen LogP contribution is 2.29. The summed E-state index contributed by atoms with van der Waals surface area (Å²) in [5.41, 5.74) is 2.89. The van der Waals surface area contributed by atoms with Crippen LogP contribution in [-0.2, 0) is 6.42 Å². The minimum Gasteiger partial charge on any atom is -0.372 e. The molecule has 2 aromatic rings. The van der Waals surface area contributed by atoms with E-state index >= 15 is 0 Å². The average Bonchev–Trinajstić information content (AvgIpc) is 2.55. The third-order valence-electron chi connectivity index (χ3n) is 3.82. The molecule has 1 unspecified atom stereocenters. The topological polar surface area (TPSA) is 66.9 Å². The van der Waals surface area contributed by atoms with Crippen LogP contribution in [-0.4, -0.2) is 22.9 Å². The first-order valence-corrected chi connectivity index (χ1v) is 7.16. The number of nitrogens with one attached hydrogen (secondary N) is 2. The van der Waals surface area contributed by atoms with Crippen LogP contribution in [0.5, 0.6) is 0 Å². The van der Waals surface area contributed by atoms with Gasteiger partial charge in [0.25, 0.3) is 5.91 Å². The number of rotatable bonds is 3. The molecule has 1 aliphatic rings. The van der Waals surface area contributed by atoms with Gasteiger partial charge in [-0.2, -0.15) is 0 Å². The fourth-order valence-corrected chi connectivity index (χ4v) is 2.71. The number of carbonyl (C=O) groups is 1. The van der Waals surface area contributed by atoms with Gasteiger partial charge in [0, 0.05) is 7.05 Å². The zero-order valence-corrected chi connectivity index (χ0v) is 12.0. The number of nitrogens with zero attached hydrogens (tertiary/aromatic N) is 2. The van der Waals surface area contributed by atoms with Gasteiger partial charge in [0.15, 0.2) is 0 Å². The molecule has 0 fully saturated rings. The van der Waals surface area contributed by atoms with Gasteiger partial charge in [-0.3, -0.25) is 4.79 Å². The second kappa shape index (κ2) is 5.91. The molecule has 0 spiro atoms. The van der Waals surface area contributed by atoms with Crippen LogP contribution >= 0.6 is 0 Å². The van der Waals surface area contributed by atoms with Crippen molar-refractivity contribution in [2.24, 2.45) is 0 Å². The van der Waals surface area contributed by atoms with E-state index in [0.717, 1.165) is 19.3 Å². The number of benzene rings is 1. The maximum atomic E-state index is 12.3. The van der Waals surface area contributed by atoms with E-state index in [4.69, 9.17) is 0 Å². The van der Waals surface area contributed by atoms with E-state index in [1.54, 1.807) is 13.2 Å². The summed E-state index contributed by atoms with van der Waals surface area (Å²) in [5, 5.41) is 5.95. The number of hydrogen-bond acceptors (Lipinski definition) is 4. The van der Waals surface area contributed by atoms with Crippen LogP contribution < -0.4 is 10.6 Å². The van der Waals surface area contributed by atoms with Crippen molar-refractivity contribution in [2.45, 2.75) is 25.3 Å². The normalized spacial score (nSPS) is 16.9. The average molecular weight is 282 g/mol. The van der Waals surface area contributed by atoms with Gasteiger partial charge in [0.1, 0.15) is 11.5 Å². The third kappa shape index (κ3) is 2.86. The van der Waals surface area contributed by atoms with Gasteiger partial charge in [0.2, 0.25) is 0 Å². The smallest absolute Gasteiger partial charge is 0.271 e. The Labute approximate surface area is 123 Å². The van der Waals surface area contributed by atoms with Crippen LogP contribution in [0, 0.1) is 0 Å². The standard InChI is InChI=1S/C16H18N4O/c1-17-15-10-18-14(9-19-15)16(21)20-13-8-4-6-11-5-2-3-7-12(11)13/h2-3,5,7,9-10,13H,4,6,8H2,1H3,(H,17,19)(H,20,21). The fraction of sp³-hybridized carbons (Fsp3) is 0.312. The number of fused-ring (bicyclic) bond motifs is 1. The summed E-state index contributed by atoms with van der Waals surface area (Å²) >= 11 is 0. The van der Waals surface area contributed by atoms with Crippen molar-refractivity contribution in [1.82, 2.24) is 15.3 Å². The number of aryl methyl sites for hydroxylation is 1. The Morgan fingerprint density at radius 1 is 1.24 bits per heavy atom. The number of hydrogen-bond donors (Lipinski definition) is 2. The highest BCUT2D eigenvalue weighted by Gasteiger charge is 2.22. The predicted molar refractivity (Wildman–Crippen MR) is 81.2 cm³/mol. The highest BCUT2D eigenvalue weighted by atomic mass is 16.1. The van der Waals surface area contributed by atoms with Gasteiger partial charge >= 0.3 is 0 Å². The summed E-state index contributed by atoms with van der Waals surface area (Å²) < 4.78 is 0. The second-order valence-electron chi connectivity index (χ2n) is 5.15. The molecule has 0 radical (unpaired) electrons. The summed E-state index contributed by atoms with van der Waals surface area (Å²) in [6.07, 6.45) is 6.19. The largest absolute Gasteiger partial charge is 0.372 e. The van der Waals surface area contributed by atoms with Crippen LogP contribution in [0.15, 0.2) is 36.7 Å². The molecule has 3 rings (SSSR count). The number of carbonyl (C=O) groups excluding carboxylic acids is 1. The van der Waals surface area contributed by atoms with Crippen LogP contribution in [0.25, 0.3) is 0 Å². The van der Waals surface area contributed by atoms with Crippen LogP contribution in [0.1, 0.15) is 40.5 Å². The van der Waals surface area contributed by atoms with Gasteiger partial charge in [-0.05, 0) is 30.4 Å². The maximum Gasteiger partial charge on any atom is 0.271 e. The van der Waals surface area contributed by atoms with E-state index in [0.29, 0.717) is 11.5 Å². The summed E-state index contributed by atoms with van der Waals surface area (Å²) in [6, 6.07) is 8.36. The SMILES string of the molecule is CNc1cnc(C(=O)NC2CCCc3ccccc32)cn1. The highest BCUT2D eigenvalue weighted by molar-refractivity contribution is 5.92. The quantitative estimate of drug-likeness (QED) is 0.906. The minimum atomic E-state index is -0.174. The summed E-state index contributed by atoms with van der Waals surface area (Å²) in [6.45, 7) is 0. The Bertz CT molecular complexity index is 639. The monoisotopic (exact) mass is 282 g/mol. The summed E-state index contributed by atoms with van der Waals surface area (Å²) in [4.78, 5) is 20.5. The first-order valence-electron chi connectivity index (χ1n) is 7.16. The molecule has 1 atom stereocenters. The maximum absolute atomic E-state index is 12.3. The third-order valence-corrected chi connectivity index (χ3v) is 3.82. The fourth-order valence-electron chi connectivity index (χ4n) is 2.71. The van der Waals surface area contributed by atoms with E-state index < -0.39 is 0 Å². The lowest BCUT2D eigenvalue weighted by Crippen LogP contribution is -2.31. The Morgan fingerprint density at radius 3 is 2.86 bits per heavy atom. The molecule has 1 amide bonds. The Morgan fingerprint density at radius 2 is 2.10 bits per heavy atom. The minimum absolute atomic E-state index is 0.0632. The Kier molecular flexibility index (Phi) is 3.81. The first-order chi connectivity index (χ1) is 10.3.